The van der Waals surface area contributed by atoms with Crippen molar-refractivity contribution in [2.24, 2.45) is 5.92 Å². The van der Waals surface area contributed by atoms with Gasteiger partial charge in [-0.15, -0.1) is 0 Å². The quantitative estimate of drug-likeness (QED) is 0.651. The molecule has 1 unspecified atom stereocenters. The van der Waals surface area contributed by atoms with Crippen LogP contribution in [0.2, 0.25) is 0 Å². The molecule has 1 aromatic carbocycles. The molecular weight excluding hydrogens is 263 g/mol. The number of nitrogens with one attached hydrogen (secondary N) is 1. The van der Waals surface area contributed by atoms with Crippen molar-refractivity contribution in [2.75, 3.05) is 11.9 Å². The molecule has 20 heavy (non-hydrogen) atoms. The third-order valence-corrected chi connectivity index (χ3v) is 2.85. The Kier molecular flexibility index (Phi) is 4.29. The number of aromatic nitrogens is 2. The van der Waals surface area contributed by atoms with Crippen molar-refractivity contribution in [3.8, 4) is 0 Å². The normalized spacial score (nSPS) is 12.1. The maximum Gasteiger partial charge on any atom is 0.292 e. The van der Waals surface area contributed by atoms with Gasteiger partial charge in [-0.2, -0.15) is 5.10 Å². The molecule has 1 heterocycles. The molecule has 2 rings (SSSR count). The van der Waals surface area contributed by atoms with Crippen molar-refractivity contribution in [2.45, 2.75) is 13.5 Å². The molecule has 0 saturated carbocycles. The Hall–Kier alpha value is -2.44. The van der Waals surface area contributed by atoms with Gasteiger partial charge in [0.05, 0.1) is 4.92 Å². The minimum Gasteiger partial charge on any atom is -0.379 e. The van der Waals surface area contributed by atoms with Crippen LogP contribution in [0.1, 0.15) is 6.92 Å². The van der Waals surface area contributed by atoms with Crippen LogP contribution >= 0.6 is 0 Å². The Morgan fingerprint density at radius 1 is 1.55 bits per heavy atom. The molecule has 0 saturated heterocycles. The third kappa shape index (κ3) is 3.53. The van der Waals surface area contributed by atoms with Gasteiger partial charge in [0.1, 0.15) is 11.5 Å². The van der Waals surface area contributed by atoms with Crippen molar-refractivity contribution in [1.82, 2.24) is 9.78 Å². The molecule has 0 radical (unpaired) electrons. The maximum atomic E-state index is 13.2. The van der Waals surface area contributed by atoms with Gasteiger partial charge < -0.3 is 5.32 Å². The van der Waals surface area contributed by atoms with E-state index in [9.17, 15) is 14.5 Å². The first-order valence-electron chi connectivity index (χ1n) is 6.21. The molecule has 6 nitrogen and oxygen atoms in total. The van der Waals surface area contributed by atoms with E-state index in [1.807, 2.05) is 19.2 Å². The fraction of sp³-hybridized carbons (Fsp3) is 0.308. The summed E-state index contributed by atoms with van der Waals surface area (Å²) in [5, 5.41) is 17.9. The molecule has 0 aliphatic carbocycles. The first-order valence-corrected chi connectivity index (χ1v) is 6.21. The lowest BCUT2D eigenvalue weighted by Crippen LogP contribution is -2.18. The van der Waals surface area contributed by atoms with E-state index in [2.05, 4.69) is 10.4 Å². The van der Waals surface area contributed by atoms with Crippen LogP contribution < -0.4 is 5.32 Å². The highest BCUT2D eigenvalue weighted by atomic mass is 19.1. The second kappa shape index (κ2) is 6.14. The first kappa shape index (κ1) is 14.0. The molecule has 106 valence electrons. The fourth-order valence-corrected chi connectivity index (χ4v) is 1.89. The lowest BCUT2D eigenvalue weighted by atomic mass is 10.1. The Morgan fingerprint density at radius 2 is 2.35 bits per heavy atom. The zero-order chi connectivity index (χ0) is 14.5. The first-order chi connectivity index (χ1) is 9.56. The summed E-state index contributed by atoms with van der Waals surface area (Å²) in [7, 11) is 0. The molecule has 0 bridgehead atoms. The van der Waals surface area contributed by atoms with Crippen molar-refractivity contribution >= 4 is 11.4 Å². The van der Waals surface area contributed by atoms with Crippen molar-refractivity contribution in [3.63, 3.8) is 0 Å². The zero-order valence-corrected chi connectivity index (χ0v) is 11.0. The van der Waals surface area contributed by atoms with E-state index in [4.69, 9.17) is 0 Å². The number of benzene rings is 1. The van der Waals surface area contributed by atoms with E-state index in [1.165, 1.54) is 0 Å². The predicted octanol–water partition coefficient (Wildman–Crippen LogP) is 2.68. The van der Waals surface area contributed by atoms with E-state index in [-0.39, 0.29) is 17.3 Å². The van der Waals surface area contributed by atoms with Gasteiger partial charge in [-0.05, 0) is 18.1 Å². The number of hydrogen-bond acceptors (Lipinski definition) is 4. The summed E-state index contributed by atoms with van der Waals surface area (Å²) < 4.78 is 14.9. The number of halogens is 1. The van der Waals surface area contributed by atoms with Crippen LogP contribution in [0, 0.1) is 21.8 Å². The fourth-order valence-electron chi connectivity index (χ4n) is 1.89. The highest BCUT2D eigenvalue weighted by molar-refractivity contribution is 5.61. The lowest BCUT2D eigenvalue weighted by molar-refractivity contribution is -0.384. The van der Waals surface area contributed by atoms with Crippen LogP contribution in [-0.2, 0) is 6.54 Å². The maximum absolute atomic E-state index is 13.2. The summed E-state index contributed by atoms with van der Waals surface area (Å²) in [6.45, 7) is 3.16. The summed E-state index contributed by atoms with van der Waals surface area (Å²) in [5.74, 6) is -0.310. The van der Waals surface area contributed by atoms with Crippen molar-refractivity contribution in [3.05, 3.63) is 52.6 Å². The van der Waals surface area contributed by atoms with Gasteiger partial charge in [0.2, 0.25) is 0 Å². The monoisotopic (exact) mass is 278 g/mol. The van der Waals surface area contributed by atoms with Crippen LogP contribution in [0.5, 0.6) is 0 Å². The summed E-state index contributed by atoms with van der Waals surface area (Å²) in [6.07, 6.45) is 3.54. The van der Waals surface area contributed by atoms with Gasteiger partial charge in [-0.1, -0.05) is 6.92 Å². The Labute approximate surface area is 115 Å². The highest BCUT2D eigenvalue weighted by Crippen LogP contribution is 2.25. The van der Waals surface area contributed by atoms with Gasteiger partial charge in [-0.3, -0.25) is 14.8 Å². The second-order valence-electron chi connectivity index (χ2n) is 4.63. The largest absolute Gasteiger partial charge is 0.379 e. The van der Waals surface area contributed by atoms with E-state index in [0.29, 0.717) is 13.1 Å². The molecule has 0 amide bonds. The zero-order valence-electron chi connectivity index (χ0n) is 11.0. The van der Waals surface area contributed by atoms with Crippen LogP contribution in [-0.4, -0.2) is 21.2 Å². The molecule has 1 atom stereocenters. The number of rotatable bonds is 6. The van der Waals surface area contributed by atoms with Gasteiger partial charge in [0.15, 0.2) is 0 Å². The van der Waals surface area contributed by atoms with Gasteiger partial charge in [-0.25, -0.2) is 4.39 Å². The minimum absolute atomic E-state index is 0.127. The number of anilines is 1. The third-order valence-electron chi connectivity index (χ3n) is 2.85. The smallest absolute Gasteiger partial charge is 0.292 e. The highest BCUT2D eigenvalue weighted by Gasteiger charge is 2.15. The van der Waals surface area contributed by atoms with E-state index in [1.54, 1.807) is 10.9 Å². The topological polar surface area (TPSA) is 73.0 Å². The summed E-state index contributed by atoms with van der Waals surface area (Å²) in [6, 6.07) is 5.21. The average molecular weight is 278 g/mol. The molecule has 1 aromatic heterocycles. The number of nitro groups is 1. The molecule has 0 spiro atoms. The predicted molar refractivity (Wildman–Crippen MR) is 72.9 cm³/mol. The van der Waals surface area contributed by atoms with Gasteiger partial charge >= 0.3 is 0 Å². The Balaban J connectivity index is 1.99. The van der Waals surface area contributed by atoms with Crippen LogP contribution in [0.25, 0.3) is 0 Å². The molecular formula is C13H15FN4O2. The lowest BCUT2D eigenvalue weighted by Gasteiger charge is -2.13. The minimum atomic E-state index is -0.528. The molecule has 0 aliphatic heterocycles. The Morgan fingerprint density at radius 3 is 3.00 bits per heavy atom. The molecule has 0 fully saturated rings. The number of hydrogen-bond donors (Lipinski definition) is 1. The SMILES string of the molecule is CC(CNc1cc(F)ccc1[N+](=O)[O-])Cn1cccn1. The van der Waals surface area contributed by atoms with E-state index in [0.717, 1.165) is 18.2 Å². The van der Waals surface area contributed by atoms with E-state index >= 15 is 0 Å². The van der Waals surface area contributed by atoms with Crippen LogP contribution in [0.4, 0.5) is 15.8 Å². The van der Waals surface area contributed by atoms with Crippen molar-refractivity contribution < 1.29 is 9.31 Å². The summed E-state index contributed by atoms with van der Waals surface area (Å²) in [5.41, 5.74) is 0.0694. The molecule has 2 aromatic rings. The second-order valence-corrected chi connectivity index (χ2v) is 4.63. The summed E-state index contributed by atoms with van der Waals surface area (Å²) in [4.78, 5) is 10.3. The van der Waals surface area contributed by atoms with Crippen LogP contribution in [0.3, 0.4) is 0 Å². The van der Waals surface area contributed by atoms with Crippen molar-refractivity contribution in [1.29, 1.82) is 0 Å². The van der Waals surface area contributed by atoms with Crippen LogP contribution in [0.15, 0.2) is 36.7 Å². The molecule has 7 heteroatoms. The number of nitrogens with zero attached hydrogens (tertiary/aromatic N) is 3. The Bertz CT molecular complexity index is 586. The molecule has 0 aliphatic rings. The summed E-state index contributed by atoms with van der Waals surface area (Å²) >= 11 is 0. The van der Waals surface area contributed by atoms with Gasteiger partial charge in [0.25, 0.3) is 5.69 Å². The standard InChI is InChI=1S/C13H15FN4O2/c1-10(9-17-6-2-5-16-17)8-15-12-7-11(14)3-4-13(12)18(19)20/h2-7,10,15H,8-9H2,1H3. The van der Waals surface area contributed by atoms with Gasteiger partial charge in [0, 0.05) is 37.6 Å². The van der Waals surface area contributed by atoms with E-state index < -0.39 is 10.7 Å². The number of nitro benzene ring substituents is 1. The molecule has 1 N–H and O–H groups in total. The average Bonchev–Trinajstić information content (AvgIpc) is 2.89.